The molecule has 0 radical (unpaired) electrons. The van der Waals surface area contributed by atoms with Crippen LogP contribution in [0.2, 0.25) is 0 Å². The number of carbonyl (C=O) groups is 1. The van der Waals surface area contributed by atoms with Crippen LogP contribution in [0.5, 0.6) is 0 Å². The van der Waals surface area contributed by atoms with Crippen LogP contribution in [0.1, 0.15) is 17.8 Å². The average Bonchev–Trinajstić information content (AvgIpc) is 2.87. The first-order valence-corrected chi connectivity index (χ1v) is 6.45. The molecule has 1 aliphatic rings. The highest BCUT2D eigenvalue weighted by Gasteiger charge is 2.21. The third kappa shape index (κ3) is 2.76. The van der Waals surface area contributed by atoms with Crippen LogP contribution >= 0.6 is 0 Å². The number of urea groups is 1. The summed E-state index contributed by atoms with van der Waals surface area (Å²) in [4.78, 5) is 19.3. The van der Waals surface area contributed by atoms with Crippen molar-refractivity contribution in [2.75, 3.05) is 5.32 Å². The summed E-state index contributed by atoms with van der Waals surface area (Å²) in [5.41, 5.74) is 3.07. The minimum absolute atomic E-state index is 0.154. The van der Waals surface area contributed by atoms with Crippen LogP contribution in [0, 0.1) is 0 Å². The lowest BCUT2D eigenvalue weighted by molar-refractivity contribution is 0.247. The Balaban J connectivity index is 1.56. The second-order valence-electron chi connectivity index (χ2n) is 4.73. The summed E-state index contributed by atoms with van der Waals surface area (Å²) in [5.74, 6) is 0. The van der Waals surface area contributed by atoms with E-state index in [0.717, 1.165) is 36.3 Å². The first kappa shape index (κ1) is 11.8. The molecule has 1 heterocycles. The molecular formula is C14H16N4O. The Kier molecular flexibility index (Phi) is 3.18. The van der Waals surface area contributed by atoms with Gasteiger partial charge in [0.1, 0.15) is 0 Å². The second-order valence-corrected chi connectivity index (χ2v) is 4.73. The van der Waals surface area contributed by atoms with Crippen molar-refractivity contribution < 1.29 is 4.79 Å². The number of nitrogens with zero attached hydrogens (tertiary/aromatic N) is 1. The number of hydrogen-bond acceptors (Lipinski definition) is 2. The Bertz CT molecular complexity index is 564. The van der Waals surface area contributed by atoms with Crippen LogP contribution in [0.25, 0.3) is 0 Å². The quantitative estimate of drug-likeness (QED) is 0.770. The van der Waals surface area contributed by atoms with Gasteiger partial charge in [-0.1, -0.05) is 18.2 Å². The summed E-state index contributed by atoms with van der Waals surface area (Å²) in [6.07, 6.45) is 4.38. The third-order valence-electron chi connectivity index (χ3n) is 3.35. The number of benzene rings is 1. The molecule has 2 amide bonds. The van der Waals surface area contributed by atoms with Crippen LogP contribution in [-0.4, -0.2) is 22.0 Å². The van der Waals surface area contributed by atoms with Crippen molar-refractivity contribution >= 4 is 11.7 Å². The number of aromatic nitrogens is 2. The van der Waals surface area contributed by atoms with Gasteiger partial charge in [0.05, 0.1) is 12.0 Å². The largest absolute Gasteiger partial charge is 0.348 e. The highest BCUT2D eigenvalue weighted by Crippen LogP contribution is 2.17. The minimum Gasteiger partial charge on any atom is -0.348 e. The van der Waals surface area contributed by atoms with E-state index in [0.29, 0.717) is 0 Å². The molecule has 19 heavy (non-hydrogen) atoms. The van der Waals surface area contributed by atoms with Gasteiger partial charge in [0.15, 0.2) is 0 Å². The third-order valence-corrected chi connectivity index (χ3v) is 3.35. The van der Waals surface area contributed by atoms with Gasteiger partial charge in [-0.15, -0.1) is 0 Å². The van der Waals surface area contributed by atoms with Crippen LogP contribution in [0.15, 0.2) is 36.7 Å². The minimum atomic E-state index is -0.154. The smallest absolute Gasteiger partial charge is 0.319 e. The van der Waals surface area contributed by atoms with Gasteiger partial charge in [0.2, 0.25) is 0 Å². The molecule has 0 unspecified atom stereocenters. The summed E-state index contributed by atoms with van der Waals surface area (Å²) < 4.78 is 0. The van der Waals surface area contributed by atoms with E-state index in [1.165, 1.54) is 0 Å². The number of amides is 2. The van der Waals surface area contributed by atoms with Gasteiger partial charge in [-0.25, -0.2) is 9.78 Å². The molecule has 1 aromatic carbocycles. The fourth-order valence-corrected chi connectivity index (χ4v) is 2.40. The van der Waals surface area contributed by atoms with E-state index in [2.05, 4.69) is 20.6 Å². The second kappa shape index (κ2) is 5.14. The van der Waals surface area contributed by atoms with Crippen molar-refractivity contribution in [1.82, 2.24) is 15.3 Å². The molecule has 5 heteroatoms. The fourth-order valence-electron chi connectivity index (χ4n) is 2.40. The Morgan fingerprint density at radius 2 is 2.16 bits per heavy atom. The van der Waals surface area contributed by atoms with E-state index in [-0.39, 0.29) is 12.1 Å². The molecule has 0 bridgehead atoms. The van der Waals surface area contributed by atoms with Gasteiger partial charge < -0.3 is 15.6 Å². The predicted molar refractivity (Wildman–Crippen MR) is 73.0 cm³/mol. The predicted octanol–water partition coefficient (Wildman–Crippen LogP) is 2.09. The van der Waals surface area contributed by atoms with E-state index < -0.39 is 0 Å². The van der Waals surface area contributed by atoms with Gasteiger partial charge in [0, 0.05) is 23.8 Å². The van der Waals surface area contributed by atoms with E-state index in [4.69, 9.17) is 0 Å². The maximum atomic E-state index is 11.9. The molecule has 98 valence electrons. The molecule has 3 rings (SSSR count). The topological polar surface area (TPSA) is 69.8 Å². The fraction of sp³-hybridized carbons (Fsp3) is 0.286. The maximum absolute atomic E-state index is 11.9. The van der Waals surface area contributed by atoms with Crippen LogP contribution < -0.4 is 10.6 Å². The number of fused-ring (bicyclic) bond motifs is 1. The molecule has 1 aliphatic carbocycles. The zero-order valence-corrected chi connectivity index (χ0v) is 10.5. The van der Waals surface area contributed by atoms with Crippen molar-refractivity contribution in [1.29, 1.82) is 0 Å². The lowest BCUT2D eigenvalue weighted by Gasteiger charge is -2.22. The van der Waals surface area contributed by atoms with Crippen molar-refractivity contribution in [3.8, 4) is 0 Å². The summed E-state index contributed by atoms with van der Waals surface area (Å²) in [5, 5.41) is 5.83. The van der Waals surface area contributed by atoms with Gasteiger partial charge in [0.25, 0.3) is 0 Å². The number of anilines is 1. The number of aryl methyl sites for hydroxylation is 1. The first-order valence-electron chi connectivity index (χ1n) is 6.45. The van der Waals surface area contributed by atoms with E-state index >= 15 is 0 Å². The number of carbonyl (C=O) groups excluding carboxylic acids is 1. The average molecular weight is 256 g/mol. The molecular weight excluding hydrogens is 240 g/mol. The van der Waals surface area contributed by atoms with E-state index in [9.17, 15) is 4.79 Å². The van der Waals surface area contributed by atoms with Crippen LogP contribution in [0.3, 0.4) is 0 Å². The molecule has 0 aliphatic heterocycles. The van der Waals surface area contributed by atoms with E-state index in [1.54, 1.807) is 6.33 Å². The maximum Gasteiger partial charge on any atom is 0.319 e. The van der Waals surface area contributed by atoms with Gasteiger partial charge >= 0.3 is 6.03 Å². The summed E-state index contributed by atoms with van der Waals surface area (Å²) in [6, 6.07) is 9.46. The van der Waals surface area contributed by atoms with Crippen molar-refractivity contribution in [2.24, 2.45) is 0 Å². The van der Waals surface area contributed by atoms with Gasteiger partial charge in [-0.2, -0.15) is 0 Å². The Hall–Kier alpha value is -2.30. The number of aromatic amines is 1. The summed E-state index contributed by atoms with van der Waals surface area (Å²) in [7, 11) is 0. The Labute approximate surface area is 111 Å². The number of rotatable bonds is 2. The molecule has 0 saturated heterocycles. The van der Waals surface area contributed by atoms with E-state index in [1.807, 2.05) is 30.3 Å². The number of H-pyrrole nitrogens is 1. The molecule has 3 N–H and O–H groups in total. The standard InChI is InChI=1S/C14H16N4O/c19-14(17-10-4-2-1-3-5-10)18-11-6-7-12-13(8-11)16-9-15-12/h1-5,9,11H,6-8H2,(H,15,16)(H2,17,18,19)/t11-/m0/s1. The zero-order valence-electron chi connectivity index (χ0n) is 10.5. The molecule has 0 saturated carbocycles. The molecule has 0 fully saturated rings. The lowest BCUT2D eigenvalue weighted by Crippen LogP contribution is -2.41. The Morgan fingerprint density at radius 3 is 3.00 bits per heavy atom. The van der Waals surface area contributed by atoms with Crippen molar-refractivity contribution in [2.45, 2.75) is 25.3 Å². The zero-order chi connectivity index (χ0) is 13.1. The van der Waals surface area contributed by atoms with Crippen molar-refractivity contribution in [3.63, 3.8) is 0 Å². The van der Waals surface area contributed by atoms with Crippen molar-refractivity contribution in [3.05, 3.63) is 48.0 Å². The number of para-hydroxylation sites is 1. The summed E-state index contributed by atoms with van der Waals surface area (Å²) >= 11 is 0. The van der Waals surface area contributed by atoms with Gasteiger partial charge in [-0.3, -0.25) is 0 Å². The molecule has 1 aromatic heterocycles. The SMILES string of the molecule is O=C(Nc1ccccc1)N[C@H]1CCc2nc[nH]c2C1. The van der Waals surface area contributed by atoms with Crippen LogP contribution in [-0.2, 0) is 12.8 Å². The highest BCUT2D eigenvalue weighted by atomic mass is 16.2. The first-order chi connectivity index (χ1) is 9.31. The number of nitrogens with one attached hydrogen (secondary N) is 3. The number of hydrogen-bond donors (Lipinski definition) is 3. The van der Waals surface area contributed by atoms with Gasteiger partial charge in [-0.05, 0) is 25.0 Å². The normalized spacial score (nSPS) is 17.6. The summed E-state index contributed by atoms with van der Waals surface area (Å²) in [6.45, 7) is 0. The molecule has 5 nitrogen and oxygen atoms in total. The molecule has 0 spiro atoms. The molecule has 2 aromatic rings. The number of imidazole rings is 1. The monoisotopic (exact) mass is 256 g/mol. The van der Waals surface area contributed by atoms with Crippen LogP contribution in [0.4, 0.5) is 10.5 Å². The Morgan fingerprint density at radius 1 is 1.32 bits per heavy atom. The highest BCUT2D eigenvalue weighted by molar-refractivity contribution is 5.89. The lowest BCUT2D eigenvalue weighted by atomic mass is 9.96. The molecule has 1 atom stereocenters.